The Kier molecular flexibility index (Phi) is 3.55. The van der Waals surface area contributed by atoms with E-state index in [9.17, 15) is 9.90 Å². The number of ether oxygens (including phenoxy) is 1. The van der Waals surface area contributed by atoms with Crippen LogP contribution < -0.4 is 0 Å². The number of methoxy groups -OCH3 is 1. The molecule has 0 spiro atoms. The molecule has 3 saturated carbocycles. The monoisotopic (exact) mass is 318 g/mol. The molecule has 4 rings (SSSR count). The van der Waals surface area contributed by atoms with Gasteiger partial charge in [-0.25, -0.2) is 0 Å². The number of Topliss-reactive ketones (excluding diaryl/α,β-unsaturated/α-hetero) is 1. The second kappa shape index (κ2) is 5.16. The topological polar surface area (TPSA) is 46.5 Å². The van der Waals surface area contributed by atoms with E-state index in [1.165, 1.54) is 6.42 Å². The SMILES string of the molecule is COC1CCC2(C)C(=CCC3C2CCC2(C)C(O)C(=O)CC32)C1. The maximum absolute atomic E-state index is 12.2. The van der Waals surface area contributed by atoms with Crippen molar-refractivity contribution in [3.8, 4) is 0 Å². The second-order valence-corrected chi connectivity index (χ2v) is 8.98. The highest BCUT2D eigenvalue weighted by Crippen LogP contribution is 2.64. The van der Waals surface area contributed by atoms with Gasteiger partial charge in [-0.15, -0.1) is 0 Å². The van der Waals surface area contributed by atoms with Gasteiger partial charge in [0.15, 0.2) is 5.78 Å². The fourth-order valence-corrected chi connectivity index (χ4v) is 6.60. The lowest BCUT2D eigenvalue weighted by Gasteiger charge is -2.57. The Hall–Kier alpha value is -0.670. The molecule has 3 heteroatoms. The lowest BCUT2D eigenvalue weighted by Crippen LogP contribution is -2.51. The van der Waals surface area contributed by atoms with Crippen molar-refractivity contribution in [3.05, 3.63) is 11.6 Å². The maximum Gasteiger partial charge on any atom is 0.162 e. The third kappa shape index (κ3) is 2.05. The first-order chi connectivity index (χ1) is 10.9. The van der Waals surface area contributed by atoms with E-state index < -0.39 is 6.10 Å². The quantitative estimate of drug-likeness (QED) is 0.753. The largest absolute Gasteiger partial charge is 0.385 e. The summed E-state index contributed by atoms with van der Waals surface area (Å²) in [6.07, 6.45) is 9.41. The van der Waals surface area contributed by atoms with Crippen LogP contribution in [0.2, 0.25) is 0 Å². The fourth-order valence-electron chi connectivity index (χ4n) is 6.60. The highest BCUT2D eigenvalue weighted by atomic mass is 16.5. The lowest BCUT2D eigenvalue weighted by atomic mass is 9.48. The first kappa shape index (κ1) is 15.8. The van der Waals surface area contributed by atoms with E-state index in [0.717, 1.165) is 32.1 Å². The molecule has 7 atom stereocenters. The first-order valence-electron chi connectivity index (χ1n) is 9.33. The van der Waals surface area contributed by atoms with Crippen LogP contribution >= 0.6 is 0 Å². The third-order valence-electron chi connectivity index (χ3n) is 8.18. The minimum atomic E-state index is -0.726. The van der Waals surface area contributed by atoms with Gasteiger partial charge in [0.2, 0.25) is 0 Å². The maximum atomic E-state index is 12.2. The molecule has 0 aromatic heterocycles. The zero-order valence-electron chi connectivity index (χ0n) is 14.7. The van der Waals surface area contributed by atoms with Gasteiger partial charge in [0, 0.05) is 18.9 Å². The minimum Gasteiger partial charge on any atom is -0.385 e. The molecule has 0 aromatic rings. The molecule has 0 radical (unpaired) electrons. The van der Waals surface area contributed by atoms with E-state index in [0.29, 0.717) is 30.3 Å². The molecule has 0 amide bonds. The average Bonchev–Trinajstić information content (AvgIpc) is 2.78. The Labute approximate surface area is 139 Å². The number of hydrogen-bond donors (Lipinski definition) is 1. The molecule has 128 valence electrons. The molecule has 0 heterocycles. The van der Waals surface area contributed by atoms with Crippen molar-refractivity contribution < 1.29 is 14.6 Å². The van der Waals surface area contributed by atoms with Gasteiger partial charge < -0.3 is 9.84 Å². The number of rotatable bonds is 1. The van der Waals surface area contributed by atoms with Crippen LogP contribution in [0.5, 0.6) is 0 Å². The molecule has 1 N–H and O–H groups in total. The van der Waals surface area contributed by atoms with Crippen LogP contribution in [0.15, 0.2) is 11.6 Å². The smallest absolute Gasteiger partial charge is 0.162 e. The van der Waals surface area contributed by atoms with Crippen LogP contribution in [0.4, 0.5) is 0 Å². The molecular formula is C20H30O3. The number of ketones is 1. The second-order valence-electron chi connectivity index (χ2n) is 8.98. The highest BCUT2D eigenvalue weighted by molar-refractivity contribution is 5.86. The highest BCUT2D eigenvalue weighted by Gasteiger charge is 2.60. The Balaban J connectivity index is 1.66. The van der Waals surface area contributed by atoms with Crippen molar-refractivity contribution in [1.82, 2.24) is 0 Å². The molecule has 4 aliphatic rings. The van der Waals surface area contributed by atoms with Crippen LogP contribution in [-0.2, 0) is 9.53 Å². The van der Waals surface area contributed by atoms with Crippen LogP contribution in [0.1, 0.15) is 58.8 Å². The van der Waals surface area contributed by atoms with Gasteiger partial charge >= 0.3 is 0 Å². The van der Waals surface area contributed by atoms with Gasteiger partial charge in [-0.2, -0.15) is 0 Å². The Morgan fingerprint density at radius 2 is 1.96 bits per heavy atom. The summed E-state index contributed by atoms with van der Waals surface area (Å²) >= 11 is 0. The predicted octanol–water partition coefficient (Wildman–Crippen LogP) is 3.50. The number of aliphatic hydroxyl groups is 1. The van der Waals surface area contributed by atoms with E-state index in [4.69, 9.17) is 4.74 Å². The minimum absolute atomic E-state index is 0.0844. The van der Waals surface area contributed by atoms with Gasteiger partial charge in [-0.3, -0.25) is 4.79 Å². The molecule has 7 unspecified atom stereocenters. The Morgan fingerprint density at radius 3 is 2.70 bits per heavy atom. The first-order valence-corrected chi connectivity index (χ1v) is 9.33. The third-order valence-corrected chi connectivity index (χ3v) is 8.18. The number of carbonyl (C=O) groups is 1. The van der Waals surface area contributed by atoms with Crippen LogP contribution in [-0.4, -0.2) is 30.2 Å². The van der Waals surface area contributed by atoms with Gasteiger partial charge in [0.25, 0.3) is 0 Å². The Bertz CT molecular complexity index is 553. The molecule has 3 nitrogen and oxygen atoms in total. The van der Waals surface area contributed by atoms with E-state index in [1.54, 1.807) is 5.57 Å². The summed E-state index contributed by atoms with van der Waals surface area (Å²) in [5, 5.41) is 10.4. The van der Waals surface area contributed by atoms with Crippen molar-refractivity contribution >= 4 is 5.78 Å². The van der Waals surface area contributed by atoms with Gasteiger partial charge in [-0.05, 0) is 61.7 Å². The van der Waals surface area contributed by atoms with Gasteiger partial charge in [-0.1, -0.05) is 25.5 Å². The van der Waals surface area contributed by atoms with Crippen molar-refractivity contribution in [1.29, 1.82) is 0 Å². The summed E-state index contributed by atoms with van der Waals surface area (Å²) in [4.78, 5) is 12.2. The van der Waals surface area contributed by atoms with E-state index >= 15 is 0 Å². The summed E-state index contributed by atoms with van der Waals surface area (Å²) in [7, 11) is 1.83. The zero-order chi connectivity index (χ0) is 16.4. The molecule has 23 heavy (non-hydrogen) atoms. The summed E-state index contributed by atoms with van der Waals surface area (Å²) < 4.78 is 5.62. The fraction of sp³-hybridized carbons (Fsp3) is 0.850. The number of hydrogen-bond acceptors (Lipinski definition) is 3. The van der Waals surface area contributed by atoms with Gasteiger partial charge in [0.1, 0.15) is 6.10 Å². The van der Waals surface area contributed by atoms with Crippen molar-refractivity contribution in [2.45, 2.75) is 71.0 Å². The summed E-state index contributed by atoms with van der Waals surface area (Å²) in [5.74, 6) is 1.71. The van der Waals surface area contributed by atoms with Crippen molar-refractivity contribution in [2.75, 3.05) is 7.11 Å². The van der Waals surface area contributed by atoms with E-state index in [1.807, 2.05) is 7.11 Å². The summed E-state index contributed by atoms with van der Waals surface area (Å²) in [5.41, 5.74) is 1.71. The van der Waals surface area contributed by atoms with E-state index in [-0.39, 0.29) is 16.6 Å². The molecule has 0 aliphatic heterocycles. The normalized spacial score (nSPS) is 52.4. The van der Waals surface area contributed by atoms with Gasteiger partial charge in [0.05, 0.1) is 6.10 Å². The molecule has 0 aromatic carbocycles. The standard InChI is InChI=1S/C20H30O3/c1-19-8-6-13(23-3)10-12(19)4-5-14-15(19)7-9-20(2)16(14)11-17(21)18(20)22/h4,13-16,18,22H,5-11H2,1-3H3. The molecular weight excluding hydrogens is 288 g/mol. The average molecular weight is 318 g/mol. The number of aliphatic hydroxyl groups excluding tert-OH is 1. The number of fused-ring (bicyclic) bond motifs is 5. The molecule has 3 fully saturated rings. The zero-order valence-corrected chi connectivity index (χ0v) is 14.7. The number of allylic oxidation sites excluding steroid dienone is 1. The number of carbonyl (C=O) groups excluding carboxylic acids is 1. The van der Waals surface area contributed by atoms with Crippen LogP contribution in [0.25, 0.3) is 0 Å². The summed E-state index contributed by atoms with van der Waals surface area (Å²) in [6.45, 7) is 4.62. The molecule has 0 bridgehead atoms. The van der Waals surface area contributed by atoms with Crippen molar-refractivity contribution in [3.63, 3.8) is 0 Å². The van der Waals surface area contributed by atoms with Crippen LogP contribution in [0, 0.1) is 28.6 Å². The summed E-state index contributed by atoms with van der Waals surface area (Å²) in [6, 6.07) is 0. The lowest BCUT2D eigenvalue weighted by molar-refractivity contribution is -0.128. The predicted molar refractivity (Wildman–Crippen MR) is 88.9 cm³/mol. The molecule has 0 saturated heterocycles. The van der Waals surface area contributed by atoms with E-state index in [2.05, 4.69) is 19.9 Å². The van der Waals surface area contributed by atoms with Crippen molar-refractivity contribution in [2.24, 2.45) is 28.6 Å². The Morgan fingerprint density at radius 1 is 1.17 bits per heavy atom. The molecule has 4 aliphatic carbocycles. The van der Waals surface area contributed by atoms with Crippen LogP contribution in [0.3, 0.4) is 0 Å².